The van der Waals surface area contributed by atoms with E-state index in [1.807, 2.05) is 0 Å². The normalized spacial score (nSPS) is 19.4. The van der Waals surface area contributed by atoms with Gasteiger partial charge in [0, 0.05) is 6.54 Å². The lowest BCUT2D eigenvalue weighted by molar-refractivity contribution is -0.128. The summed E-state index contributed by atoms with van der Waals surface area (Å²) in [5.74, 6) is 0.293. The standard InChI is InChI=1S/C16H32N2O/c1-3-5-6-7-8-9-10-11-13-18-15(12-4-2)17-14-16(18)19/h15,17H,3-14H2,1-2H3. The summed E-state index contributed by atoms with van der Waals surface area (Å²) in [7, 11) is 0. The Labute approximate surface area is 119 Å². The molecule has 0 aromatic heterocycles. The van der Waals surface area contributed by atoms with Crippen molar-refractivity contribution in [1.29, 1.82) is 0 Å². The minimum Gasteiger partial charge on any atom is -0.326 e. The maximum absolute atomic E-state index is 11.8. The summed E-state index contributed by atoms with van der Waals surface area (Å²) in [5, 5.41) is 3.31. The molecule has 19 heavy (non-hydrogen) atoms. The lowest BCUT2D eigenvalue weighted by atomic mass is 10.1. The van der Waals surface area contributed by atoms with Crippen LogP contribution in [-0.2, 0) is 4.79 Å². The molecule has 3 nitrogen and oxygen atoms in total. The Hall–Kier alpha value is -0.570. The Morgan fingerprint density at radius 1 is 1.00 bits per heavy atom. The molecule has 0 aromatic carbocycles. The van der Waals surface area contributed by atoms with Gasteiger partial charge in [-0.1, -0.05) is 65.2 Å². The average molecular weight is 268 g/mol. The second kappa shape index (κ2) is 10.2. The minimum absolute atomic E-state index is 0.293. The van der Waals surface area contributed by atoms with Crippen LogP contribution in [0.5, 0.6) is 0 Å². The van der Waals surface area contributed by atoms with Crippen LogP contribution in [0.25, 0.3) is 0 Å². The molecule has 0 spiro atoms. The van der Waals surface area contributed by atoms with E-state index in [1.165, 1.54) is 51.4 Å². The first kappa shape index (κ1) is 16.5. The van der Waals surface area contributed by atoms with E-state index in [1.54, 1.807) is 0 Å². The molecule has 0 aliphatic carbocycles. The third-order valence-corrected chi connectivity index (χ3v) is 4.00. The van der Waals surface area contributed by atoms with Crippen molar-refractivity contribution in [1.82, 2.24) is 10.2 Å². The van der Waals surface area contributed by atoms with Crippen LogP contribution in [0.15, 0.2) is 0 Å². The van der Waals surface area contributed by atoms with E-state index in [4.69, 9.17) is 0 Å². The smallest absolute Gasteiger partial charge is 0.237 e. The molecule has 3 heteroatoms. The van der Waals surface area contributed by atoms with E-state index in [-0.39, 0.29) is 0 Å². The molecule has 1 aliphatic rings. The van der Waals surface area contributed by atoms with Crippen LogP contribution in [0.2, 0.25) is 0 Å². The zero-order chi connectivity index (χ0) is 13.9. The summed E-state index contributed by atoms with van der Waals surface area (Å²) in [5.41, 5.74) is 0. The van der Waals surface area contributed by atoms with Gasteiger partial charge in [0.15, 0.2) is 0 Å². The first-order valence-electron chi connectivity index (χ1n) is 8.32. The number of hydrogen-bond donors (Lipinski definition) is 1. The zero-order valence-electron chi connectivity index (χ0n) is 12.9. The van der Waals surface area contributed by atoms with Gasteiger partial charge in [0.05, 0.1) is 12.7 Å². The zero-order valence-corrected chi connectivity index (χ0v) is 12.9. The quantitative estimate of drug-likeness (QED) is 0.580. The van der Waals surface area contributed by atoms with Gasteiger partial charge in [0.2, 0.25) is 5.91 Å². The van der Waals surface area contributed by atoms with Crippen molar-refractivity contribution in [2.75, 3.05) is 13.1 Å². The lowest BCUT2D eigenvalue weighted by Gasteiger charge is -2.23. The Bertz CT molecular complexity index is 243. The molecule has 1 unspecified atom stereocenters. The van der Waals surface area contributed by atoms with Gasteiger partial charge in [0.25, 0.3) is 0 Å². The number of nitrogens with one attached hydrogen (secondary N) is 1. The minimum atomic E-state index is 0.293. The SMILES string of the molecule is CCCCCCCCCCN1C(=O)CNC1CCC. The fourth-order valence-corrected chi connectivity index (χ4v) is 2.82. The molecule has 112 valence electrons. The largest absolute Gasteiger partial charge is 0.326 e. The molecule has 1 aliphatic heterocycles. The third-order valence-electron chi connectivity index (χ3n) is 4.00. The van der Waals surface area contributed by atoms with Crippen molar-refractivity contribution >= 4 is 5.91 Å². The van der Waals surface area contributed by atoms with Gasteiger partial charge in [0.1, 0.15) is 0 Å². The van der Waals surface area contributed by atoms with Gasteiger partial charge in [-0.15, -0.1) is 0 Å². The molecule has 0 radical (unpaired) electrons. The van der Waals surface area contributed by atoms with Crippen LogP contribution in [0.4, 0.5) is 0 Å². The number of nitrogens with zero attached hydrogens (tertiary/aromatic N) is 1. The molecule has 1 saturated heterocycles. The molecule has 0 bridgehead atoms. The number of carbonyl (C=O) groups is 1. The summed E-state index contributed by atoms with van der Waals surface area (Å²) >= 11 is 0. The summed E-state index contributed by atoms with van der Waals surface area (Å²) in [6, 6.07) is 0. The molecule has 1 heterocycles. The van der Waals surface area contributed by atoms with Crippen molar-refractivity contribution in [2.24, 2.45) is 0 Å². The average Bonchev–Trinajstić information content (AvgIpc) is 2.75. The number of amides is 1. The first-order chi connectivity index (χ1) is 9.29. The van der Waals surface area contributed by atoms with E-state index in [2.05, 4.69) is 24.1 Å². The Morgan fingerprint density at radius 3 is 2.26 bits per heavy atom. The molecule has 0 aromatic rings. The number of unbranched alkanes of at least 4 members (excludes halogenated alkanes) is 7. The van der Waals surface area contributed by atoms with Gasteiger partial charge < -0.3 is 4.90 Å². The van der Waals surface area contributed by atoms with E-state index < -0.39 is 0 Å². The van der Waals surface area contributed by atoms with Crippen molar-refractivity contribution in [3.8, 4) is 0 Å². The molecule has 1 atom stereocenters. The van der Waals surface area contributed by atoms with Gasteiger partial charge in [-0.2, -0.15) is 0 Å². The summed E-state index contributed by atoms with van der Waals surface area (Å²) in [6.45, 7) is 5.93. The Kier molecular flexibility index (Phi) is 8.89. The lowest BCUT2D eigenvalue weighted by Crippen LogP contribution is -2.37. The monoisotopic (exact) mass is 268 g/mol. The van der Waals surface area contributed by atoms with Crippen molar-refractivity contribution in [3.05, 3.63) is 0 Å². The highest BCUT2D eigenvalue weighted by Gasteiger charge is 2.28. The van der Waals surface area contributed by atoms with Crippen LogP contribution in [0.3, 0.4) is 0 Å². The maximum atomic E-state index is 11.8. The van der Waals surface area contributed by atoms with E-state index in [0.717, 1.165) is 19.4 Å². The second-order valence-electron chi connectivity index (χ2n) is 5.75. The number of carbonyl (C=O) groups excluding carboxylic acids is 1. The summed E-state index contributed by atoms with van der Waals surface area (Å²) in [6.07, 6.45) is 13.2. The van der Waals surface area contributed by atoms with E-state index in [0.29, 0.717) is 18.6 Å². The predicted molar refractivity (Wildman–Crippen MR) is 81.0 cm³/mol. The second-order valence-corrected chi connectivity index (χ2v) is 5.75. The highest BCUT2D eigenvalue weighted by atomic mass is 16.2. The fraction of sp³-hybridized carbons (Fsp3) is 0.938. The Balaban J connectivity index is 2.03. The van der Waals surface area contributed by atoms with Crippen LogP contribution in [-0.4, -0.2) is 30.1 Å². The van der Waals surface area contributed by atoms with Crippen molar-refractivity contribution < 1.29 is 4.79 Å². The van der Waals surface area contributed by atoms with Crippen LogP contribution in [0.1, 0.15) is 78.1 Å². The topological polar surface area (TPSA) is 32.3 Å². The van der Waals surface area contributed by atoms with Gasteiger partial charge in [-0.3, -0.25) is 10.1 Å². The summed E-state index contributed by atoms with van der Waals surface area (Å²) < 4.78 is 0. The van der Waals surface area contributed by atoms with Gasteiger partial charge in [-0.05, 0) is 12.8 Å². The molecule has 1 fully saturated rings. The van der Waals surface area contributed by atoms with Crippen LogP contribution < -0.4 is 5.32 Å². The van der Waals surface area contributed by atoms with Gasteiger partial charge >= 0.3 is 0 Å². The van der Waals surface area contributed by atoms with Crippen LogP contribution in [0, 0.1) is 0 Å². The number of hydrogen-bond acceptors (Lipinski definition) is 2. The Morgan fingerprint density at radius 2 is 1.63 bits per heavy atom. The number of rotatable bonds is 11. The van der Waals surface area contributed by atoms with E-state index >= 15 is 0 Å². The summed E-state index contributed by atoms with van der Waals surface area (Å²) in [4.78, 5) is 13.8. The van der Waals surface area contributed by atoms with E-state index in [9.17, 15) is 4.79 Å². The first-order valence-corrected chi connectivity index (χ1v) is 8.32. The maximum Gasteiger partial charge on any atom is 0.237 e. The molecule has 1 N–H and O–H groups in total. The molecule has 0 saturated carbocycles. The third kappa shape index (κ3) is 6.42. The highest BCUT2D eigenvalue weighted by Crippen LogP contribution is 2.13. The highest BCUT2D eigenvalue weighted by molar-refractivity contribution is 5.80. The predicted octanol–water partition coefficient (Wildman–Crippen LogP) is 3.69. The van der Waals surface area contributed by atoms with Gasteiger partial charge in [-0.25, -0.2) is 0 Å². The molecule has 1 rings (SSSR count). The molecule has 1 amide bonds. The van der Waals surface area contributed by atoms with Crippen molar-refractivity contribution in [3.63, 3.8) is 0 Å². The molecular weight excluding hydrogens is 236 g/mol. The van der Waals surface area contributed by atoms with Crippen LogP contribution >= 0.6 is 0 Å². The fourth-order valence-electron chi connectivity index (χ4n) is 2.82. The molecular formula is C16H32N2O. The van der Waals surface area contributed by atoms with Crippen molar-refractivity contribution in [2.45, 2.75) is 84.2 Å².